The first-order chi connectivity index (χ1) is 22.1. The van der Waals surface area contributed by atoms with Crippen molar-refractivity contribution in [2.45, 2.75) is 50.7 Å². The molecule has 2 aliphatic heterocycles. The maximum atomic E-state index is 9.30. The number of epoxide rings is 2. The number of phosphoric acid groups is 1. The van der Waals surface area contributed by atoms with E-state index in [-0.39, 0.29) is 34.5 Å². The van der Waals surface area contributed by atoms with Crippen molar-refractivity contribution in [3.63, 3.8) is 0 Å². The second kappa shape index (κ2) is 15.3. The number of hydrogen-bond acceptors (Lipinski definition) is 7. The quantitative estimate of drug-likeness (QED) is 0.0994. The Morgan fingerprint density at radius 1 is 0.574 bits per heavy atom. The average Bonchev–Trinajstić information content (AvgIpc) is 3.96. The minimum atomic E-state index is -4.64. The van der Waals surface area contributed by atoms with Gasteiger partial charge in [0.25, 0.3) is 0 Å². The highest BCUT2D eigenvalue weighted by molar-refractivity contribution is 7.45. The molecular formula is C36H43O10P. The van der Waals surface area contributed by atoms with E-state index in [0.717, 1.165) is 35.8 Å². The molecule has 0 saturated carbocycles. The predicted molar refractivity (Wildman–Crippen MR) is 178 cm³/mol. The molecule has 4 aromatic rings. The van der Waals surface area contributed by atoms with Crippen molar-refractivity contribution < 1.29 is 48.4 Å². The van der Waals surface area contributed by atoms with Gasteiger partial charge in [-0.25, -0.2) is 4.57 Å². The Hall–Kier alpha value is -3.89. The van der Waals surface area contributed by atoms with Crippen molar-refractivity contribution >= 4 is 7.82 Å². The lowest BCUT2D eigenvalue weighted by Gasteiger charge is -2.26. The number of benzene rings is 4. The highest BCUT2D eigenvalue weighted by atomic mass is 31.2. The minimum Gasteiger partial charge on any atom is -0.508 e. The molecule has 2 unspecified atom stereocenters. The van der Waals surface area contributed by atoms with Crippen molar-refractivity contribution in [3.8, 4) is 23.0 Å². The lowest BCUT2D eigenvalue weighted by atomic mass is 9.78. The zero-order valence-electron chi connectivity index (χ0n) is 26.9. The van der Waals surface area contributed by atoms with Crippen molar-refractivity contribution in [1.82, 2.24) is 0 Å². The van der Waals surface area contributed by atoms with E-state index in [4.69, 9.17) is 38.2 Å². The van der Waals surface area contributed by atoms with Crippen LogP contribution in [0.15, 0.2) is 97.1 Å². The third kappa shape index (κ3) is 11.7. The van der Waals surface area contributed by atoms with Crippen LogP contribution in [0.1, 0.15) is 49.9 Å². The van der Waals surface area contributed by atoms with Crippen LogP contribution in [0.2, 0.25) is 0 Å². The van der Waals surface area contributed by atoms with Crippen LogP contribution in [-0.4, -0.2) is 63.5 Å². The summed E-state index contributed by atoms with van der Waals surface area (Å²) in [6, 6.07) is 31.1. The zero-order valence-corrected chi connectivity index (χ0v) is 27.8. The van der Waals surface area contributed by atoms with Gasteiger partial charge in [0.15, 0.2) is 0 Å². The van der Waals surface area contributed by atoms with Crippen molar-refractivity contribution in [1.29, 1.82) is 0 Å². The molecule has 2 heterocycles. The molecule has 0 bridgehead atoms. The van der Waals surface area contributed by atoms with Crippen LogP contribution in [0, 0.1) is 0 Å². The Morgan fingerprint density at radius 3 is 1.04 bits per heavy atom. The Bertz CT molecular complexity index is 1470. The summed E-state index contributed by atoms with van der Waals surface area (Å²) >= 11 is 0. The largest absolute Gasteiger partial charge is 0.508 e. The summed E-state index contributed by atoms with van der Waals surface area (Å²) in [6.07, 6.45) is 0.562. The molecule has 2 fully saturated rings. The maximum absolute atomic E-state index is 9.30. The number of phenolic OH excluding ortho intramolecular Hbond substituents is 2. The summed E-state index contributed by atoms with van der Waals surface area (Å²) in [4.78, 5) is 21.6. The summed E-state index contributed by atoms with van der Waals surface area (Å²) in [6.45, 7) is 11.6. The van der Waals surface area contributed by atoms with E-state index < -0.39 is 7.82 Å². The summed E-state index contributed by atoms with van der Waals surface area (Å²) < 4.78 is 30.7. The summed E-state index contributed by atoms with van der Waals surface area (Å²) in [5, 5.41) is 18.6. The maximum Gasteiger partial charge on any atom is 0.466 e. The summed E-state index contributed by atoms with van der Waals surface area (Å²) in [5.74, 6) is 2.33. The second-order valence-corrected chi connectivity index (χ2v) is 13.5. The van der Waals surface area contributed by atoms with Gasteiger partial charge in [-0.1, -0.05) is 76.2 Å². The first-order valence-electron chi connectivity index (χ1n) is 15.2. The predicted octanol–water partition coefficient (Wildman–Crippen LogP) is 6.06. The van der Waals surface area contributed by atoms with E-state index in [1.165, 1.54) is 11.1 Å². The highest BCUT2D eigenvalue weighted by Crippen LogP contribution is 2.34. The lowest BCUT2D eigenvalue weighted by molar-refractivity contribution is 0.263. The van der Waals surface area contributed by atoms with Crippen LogP contribution < -0.4 is 9.47 Å². The van der Waals surface area contributed by atoms with Gasteiger partial charge >= 0.3 is 7.82 Å². The second-order valence-electron chi connectivity index (χ2n) is 12.4. The topological polar surface area (TPSA) is 162 Å². The van der Waals surface area contributed by atoms with E-state index in [2.05, 4.69) is 52.0 Å². The monoisotopic (exact) mass is 666 g/mol. The number of phenols is 2. The minimum absolute atomic E-state index is 0.0870. The molecule has 0 aliphatic carbocycles. The lowest BCUT2D eigenvalue weighted by Crippen LogP contribution is -2.18. The first kappa shape index (κ1) is 36.0. The van der Waals surface area contributed by atoms with Crippen LogP contribution in [0.4, 0.5) is 0 Å². The molecule has 0 radical (unpaired) electrons. The van der Waals surface area contributed by atoms with Crippen LogP contribution in [-0.2, 0) is 24.9 Å². The smallest absolute Gasteiger partial charge is 0.466 e. The molecule has 6 rings (SSSR count). The molecule has 11 heteroatoms. The van der Waals surface area contributed by atoms with Crippen LogP contribution in [0.25, 0.3) is 0 Å². The molecule has 2 atom stereocenters. The van der Waals surface area contributed by atoms with Gasteiger partial charge < -0.3 is 43.8 Å². The molecule has 0 amide bonds. The number of hydrogen-bond donors (Lipinski definition) is 5. The summed E-state index contributed by atoms with van der Waals surface area (Å²) in [7, 11) is -4.64. The SMILES string of the molecule is CC(C)(c1ccc(O)cc1)c1ccc(O)cc1.CC(C)(c1ccc(OCC2CO2)cc1)c1ccc(OCC2CO2)cc1.O=P(O)(O)O. The van der Waals surface area contributed by atoms with Gasteiger partial charge in [-0.05, 0) is 70.8 Å². The number of aromatic hydroxyl groups is 2. The fourth-order valence-corrected chi connectivity index (χ4v) is 4.73. The van der Waals surface area contributed by atoms with E-state index in [0.29, 0.717) is 13.2 Å². The Labute approximate surface area is 275 Å². The Balaban J connectivity index is 0.000000197. The van der Waals surface area contributed by atoms with Crippen LogP contribution in [0.3, 0.4) is 0 Å². The van der Waals surface area contributed by atoms with Gasteiger partial charge in [-0.2, -0.15) is 0 Å². The highest BCUT2D eigenvalue weighted by Gasteiger charge is 2.26. The van der Waals surface area contributed by atoms with E-state index in [1.807, 2.05) is 48.5 Å². The van der Waals surface area contributed by atoms with Crippen LogP contribution in [0.5, 0.6) is 23.0 Å². The standard InChI is InChI=1S/C21H24O4.C15H16O2.H3O4P/c1-21(2,15-3-7-17(8-4-15)22-11-19-13-24-19)16-5-9-18(10-6-16)23-12-20-14-25-20;1-15(2,11-3-7-13(16)8-4-11)12-5-9-14(17)10-6-12;1-5(2,3)4/h3-10,19-20H,11-14H2,1-2H3;3-10,16-17H,1-2H3;(H3,1,2,3,4). The van der Waals surface area contributed by atoms with Crippen molar-refractivity contribution in [3.05, 3.63) is 119 Å². The fraction of sp³-hybridized carbons (Fsp3) is 0.333. The molecule has 2 aliphatic rings. The zero-order chi connectivity index (χ0) is 34.2. The van der Waals surface area contributed by atoms with Gasteiger partial charge in [0.1, 0.15) is 48.4 Å². The Morgan fingerprint density at radius 2 is 0.809 bits per heavy atom. The number of ether oxygens (including phenoxy) is 4. The van der Waals surface area contributed by atoms with Gasteiger partial charge in [-0.3, -0.25) is 0 Å². The van der Waals surface area contributed by atoms with E-state index >= 15 is 0 Å². The molecular weight excluding hydrogens is 623 g/mol. The number of rotatable bonds is 10. The van der Waals surface area contributed by atoms with Gasteiger partial charge in [0.2, 0.25) is 0 Å². The van der Waals surface area contributed by atoms with Gasteiger partial charge in [0, 0.05) is 10.8 Å². The molecule has 0 spiro atoms. The molecule has 10 nitrogen and oxygen atoms in total. The third-order valence-electron chi connectivity index (χ3n) is 8.01. The molecule has 252 valence electrons. The fourth-order valence-electron chi connectivity index (χ4n) is 4.73. The van der Waals surface area contributed by atoms with E-state index in [9.17, 15) is 10.2 Å². The molecule has 4 aromatic carbocycles. The van der Waals surface area contributed by atoms with Gasteiger partial charge in [-0.15, -0.1) is 0 Å². The average molecular weight is 667 g/mol. The van der Waals surface area contributed by atoms with Crippen molar-refractivity contribution in [2.24, 2.45) is 0 Å². The molecule has 0 aromatic heterocycles. The van der Waals surface area contributed by atoms with Crippen molar-refractivity contribution in [2.75, 3.05) is 26.4 Å². The molecule has 47 heavy (non-hydrogen) atoms. The molecule has 2 saturated heterocycles. The van der Waals surface area contributed by atoms with Crippen LogP contribution >= 0.6 is 7.82 Å². The van der Waals surface area contributed by atoms with Gasteiger partial charge in [0.05, 0.1) is 13.2 Å². The summed E-state index contributed by atoms with van der Waals surface area (Å²) in [5.41, 5.74) is 4.52. The normalized spacial score (nSPS) is 16.9. The first-order valence-corrected chi connectivity index (χ1v) is 16.7. The third-order valence-corrected chi connectivity index (χ3v) is 8.01. The Kier molecular flexibility index (Phi) is 11.7. The molecule has 5 N–H and O–H groups in total. The van der Waals surface area contributed by atoms with E-state index in [1.54, 1.807) is 24.3 Å².